The molecule has 13 aromatic rings. The van der Waals surface area contributed by atoms with E-state index in [0.29, 0.717) is 32.9 Å². The number of hydrogen-bond acceptors (Lipinski definition) is 8. The predicted octanol–water partition coefficient (Wildman–Crippen LogP) is 14.4. The van der Waals surface area contributed by atoms with E-state index < -0.39 is 109 Å². The van der Waals surface area contributed by atoms with Crippen LogP contribution in [0.3, 0.4) is 0 Å². The molecule has 0 fully saturated rings. The fourth-order valence-electron chi connectivity index (χ4n) is 14.9. The van der Waals surface area contributed by atoms with Gasteiger partial charge in [0.2, 0.25) is 0 Å². The van der Waals surface area contributed by atoms with Crippen molar-refractivity contribution in [2.45, 2.75) is 75.0 Å². The molecule has 4 N–H and O–H groups in total. The molecule has 11 aromatic carbocycles. The number of nitrogens with zero attached hydrogens (tertiary/aromatic N) is 4. The Morgan fingerprint density at radius 1 is 0.260 bits per heavy atom. The number of hydrogen-bond donors (Lipinski definition) is 4. The summed E-state index contributed by atoms with van der Waals surface area (Å²) in [5.74, 6) is -6.70. The van der Waals surface area contributed by atoms with Crippen molar-refractivity contribution in [1.29, 1.82) is 0 Å². The second kappa shape index (κ2) is 28.8. The van der Waals surface area contributed by atoms with Crippen LogP contribution in [-0.4, -0.2) is 42.4 Å². The second-order valence-corrected chi connectivity index (χ2v) is 30.8. The maximum absolute atomic E-state index is 16.5. The molecule has 2 aliphatic rings. The SMILES string of the molecule is CC(NC(=O)c1ccccc1[C@@H]1n2c(=O)c3ccccc3c(=O)n2[C@@H](c2ccccc2C(=O)NC(C)c2ccccc2)P1c1ccccc1P1[C@H](c2ccccc2C(=O)NC(C)c2ccccc2)n2c(=O)c3ccccc3c(=O)n2[C@H]1c1ccccc1C(=O)N[C@@H](C)c1ccccc1)c1ccccc1. The first-order chi connectivity index (χ1) is 50.7. The average molecular weight is 1410 g/mol. The van der Waals surface area contributed by atoms with Crippen molar-refractivity contribution in [2.75, 3.05) is 0 Å². The summed E-state index contributed by atoms with van der Waals surface area (Å²) in [4.78, 5) is 128. The number of benzene rings is 11. The third-order valence-corrected chi connectivity index (χ3v) is 26.2. The maximum atomic E-state index is 16.5. The molecule has 104 heavy (non-hydrogen) atoms. The Morgan fingerprint density at radius 2 is 0.442 bits per heavy atom. The molecule has 0 bridgehead atoms. The number of nitrogens with one attached hydrogen (secondary N) is 4. The average Bonchev–Trinajstić information content (AvgIpc) is 1.54. The van der Waals surface area contributed by atoms with Crippen LogP contribution in [0, 0.1) is 0 Å². The molecule has 18 heteroatoms. The Kier molecular flexibility index (Phi) is 18.8. The van der Waals surface area contributed by atoms with E-state index in [1.54, 1.807) is 121 Å². The summed E-state index contributed by atoms with van der Waals surface area (Å²) in [6, 6.07) is 85.5. The van der Waals surface area contributed by atoms with Crippen molar-refractivity contribution < 1.29 is 19.2 Å². The van der Waals surface area contributed by atoms with Crippen LogP contribution in [0.25, 0.3) is 21.5 Å². The van der Waals surface area contributed by atoms with Gasteiger partial charge in [-0.25, -0.2) is 18.7 Å². The fraction of sp³-hybridized carbons (Fsp3) is 0.140. The Hall–Kier alpha value is -12.0. The van der Waals surface area contributed by atoms with Gasteiger partial charge in [-0.1, -0.05) is 243 Å². The van der Waals surface area contributed by atoms with E-state index >= 15 is 38.4 Å². The van der Waals surface area contributed by atoms with Gasteiger partial charge >= 0.3 is 0 Å². The fourth-order valence-corrected chi connectivity index (χ4v) is 22.3. The number of carbonyl (C=O) groups is 4. The van der Waals surface area contributed by atoms with Gasteiger partial charge < -0.3 is 21.3 Å². The monoisotopic (exact) mass is 1410 g/mol. The molecule has 15 rings (SSSR count). The van der Waals surface area contributed by atoms with Crippen LogP contribution in [0.4, 0.5) is 0 Å². The Bertz CT molecular complexity index is 5070. The molecule has 4 heterocycles. The smallest absolute Gasteiger partial charge is 0.274 e. The van der Waals surface area contributed by atoms with Gasteiger partial charge in [-0.2, -0.15) is 0 Å². The van der Waals surface area contributed by atoms with Gasteiger partial charge in [0.1, 0.15) is 23.1 Å². The molecule has 2 aromatic heterocycles. The molecule has 4 unspecified atom stereocenters. The second-order valence-electron chi connectivity index (χ2n) is 26.3. The van der Waals surface area contributed by atoms with Crippen LogP contribution in [0.2, 0.25) is 0 Å². The first-order valence-corrected chi connectivity index (χ1v) is 37.6. The van der Waals surface area contributed by atoms with Gasteiger partial charge in [0.25, 0.3) is 45.9 Å². The zero-order chi connectivity index (χ0) is 71.9. The van der Waals surface area contributed by atoms with Crippen LogP contribution in [0.5, 0.6) is 0 Å². The molecular weight excluding hydrogens is 1330 g/mol. The predicted molar refractivity (Wildman–Crippen MR) is 412 cm³/mol. The molecule has 0 spiro atoms. The molecule has 4 amide bonds. The van der Waals surface area contributed by atoms with E-state index in [2.05, 4.69) is 21.3 Å². The third kappa shape index (κ3) is 12.3. The van der Waals surface area contributed by atoms with Crippen LogP contribution >= 0.6 is 15.8 Å². The minimum Gasteiger partial charge on any atom is -0.346 e. The maximum Gasteiger partial charge on any atom is 0.274 e. The van der Waals surface area contributed by atoms with E-state index in [1.807, 2.05) is 198 Å². The number of fused-ring (bicyclic) bond motifs is 4. The summed E-state index contributed by atoms with van der Waals surface area (Å²) >= 11 is 0. The Balaban J connectivity index is 1.04. The van der Waals surface area contributed by atoms with Gasteiger partial charge in [0.15, 0.2) is 0 Å². The number of amides is 4. The van der Waals surface area contributed by atoms with Crippen LogP contribution in [-0.2, 0) is 0 Å². The first-order valence-electron chi connectivity index (χ1n) is 34.6. The molecule has 0 saturated heterocycles. The standard InChI is InChI=1S/C86H72N8O8P2/c1-53(57-31-9-5-10-32-57)87-75(95)61-39-17-25-47-69(61)83-91-79(99)65-43-21-22-44-66(65)80(100)92(91)84(70-48-26-18-40-62(70)76(96)88-54(2)58-33-11-6-12-34-58)103(83)73-51-29-30-52-74(73)104-85(71-49-27-19-41-63(71)77(97)89-55(3)59-35-13-7-14-36-59)93-81(101)67-45-23-24-46-68(67)82(102)94(93)86(104)72-50-28-20-42-64(72)78(98)90-56(4)60-37-15-8-16-38-60/h5-56,83-86H,1-4H3,(H,87,95)(H,88,96)(H,89,97)(H,90,98)/t53-,54?,55?,56?,83+,84+,85+,86+,103?,104?/m0/s1. The van der Waals surface area contributed by atoms with E-state index in [0.717, 1.165) is 22.3 Å². The highest BCUT2D eigenvalue weighted by molar-refractivity contribution is 7.72. The topological polar surface area (TPSA) is 204 Å². The van der Waals surface area contributed by atoms with Crippen molar-refractivity contribution in [3.8, 4) is 0 Å². The summed E-state index contributed by atoms with van der Waals surface area (Å²) in [6.45, 7) is 7.56. The van der Waals surface area contributed by atoms with E-state index in [9.17, 15) is 0 Å². The summed E-state index contributed by atoms with van der Waals surface area (Å²) < 4.78 is 5.95. The van der Waals surface area contributed by atoms with Crippen LogP contribution in [0.15, 0.2) is 310 Å². The lowest BCUT2D eigenvalue weighted by molar-refractivity contribution is 0.0930. The Morgan fingerprint density at radius 3 is 0.663 bits per heavy atom. The lowest BCUT2D eigenvalue weighted by atomic mass is 10.0. The molecular formula is C86H72N8O8P2. The van der Waals surface area contributed by atoms with Crippen molar-refractivity contribution >= 4 is 71.6 Å². The highest BCUT2D eigenvalue weighted by Gasteiger charge is 2.53. The summed E-state index contributed by atoms with van der Waals surface area (Å²) in [7, 11) is -4.71. The molecule has 0 saturated carbocycles. The van der Waals surface area contributed by atoms with E-state index in [1.165, 1.54) is 18.7 Å². The lowest BCUT2D eigenvalue weighted by Gasteiger charge is -2.33. The van der Waals surface area contributed by atoms with Crippen LogP contribution in [0.1, 0.15) is 161 Å². The molecule has 16 nitrogen and oxygen atoms in total. The van der Waals surface area contributed by atoms with E-state index in [-0.39, 0.29) is 43.8 Å². The van der Waals surface area contributed by atoms with Crippen LogP contribution < -0.4 is 54.1 Å². The van der Waals surface area contributed by atoms with Gasteiger partial charge in [-0.15, -0.1) is 0 Å². The summed E-state index contributed by atoms with van der Waals surface area (Å²) in [5, 5.41) is 14.6. The van der Waals surface area contributed by atoms with Crippen molar-refractivity contribution in [3.05, 3.63) is 399 Å². The molecule has 2 aliphatic heterocycles. The highest BCUT2D eigenvalue weighted by atomic mass is 31.1. The quantitative estimate of drug-likeness (QED) is 0.0607. The van der Waals surface area contributed by atoms with Gasteiger partial charge in [0.05, 0.1) is 45.7 Å². The van der Waals surface area contributed by atoms with Gasteiger partial charge in [-0.05, 0) is 147 Å². The minimum atomic E-state index is -2.35. The third-order valence-electron chi connectivity index (χ3n) is 20.0. The first kappa shape index (κ1) is 67.8. The van der Waals surface area contributed by atoms with Crippen molar-refractivity contribution in [2.24, 2.45) is 0 Å². The van der Waals surface area contributed by atoms with Crippen molar-refractivity contribution in [3.63, 3.8) is 0 Å². The summed E-state index contributed by atoms with van der Waals surface area (Å²) in [6.07, 6.45) is 0. The minimum absolute atomic E-state index is 0.125. The highest BCUT2D eigenvalue weighted by Crippen LogP contribution is 2.70. The van der Waals surface area contributed by atoms with Gasteiger partial charge in [-0.3, -0.25) is 38.4 Å². The lowest BCUT2D eigenvalue weighted by Crippen LogP contribution is -2.38. The Labute approximate surface area is 601 Å². The number of aromatic nitrogens is 4. The molecule has 0 radical (unpaired) electrons. The normalized spacial score (nSPS) is 17.8. The van der Waals surface area contributed by atoms with Gasteiger partial charge in [0, 0.05) is 22.3 Å². The molecule has 0 aliphatic carbocycles. The number of rotatable bonds is 18. The zero-order valence-electron chi connectivity index (χ0n) is 57.3. The number of carbonyl (C=O) groups excluding carboxylic acids is 4. The molecule has 514 valence electrons. The summed E-state index contributed by atoms with van der Waals surface area (Å²) in [5.41, 5.74) is 3.59. The molecule has 9 atom stereocenters. The largest absolute Gasteiger partial charge is 0.346 e. The van der Waals surface area contributed by atoms with E-state index in [4.69, 9.17) is 0 Å². The zero-order valence-corrected chi connectivity index (χ0v) is 59.1. The van der Waals surface area contributed by atoms with Crippen molar-refractivity contribution in [1.82, 2.24) is 40.0 Å².